The van der Waals surface area contributed by atoms with Gasteiger partial charge in [0.05, 0.1) is 13.2 Å². The second-order valence-corrected chi connectivity index (χ2v) is 5.27. The van der Waals surface area contributed by atoms with Gasteiger partial charge in [-0.1, -0.05) is 18.2 Å². The summed E-state index contributed by atoms with van der Waals surface area (Å²) in [5.74, 6) is 0.561. The zero-order chi connectivity index (χ0) is 15.9. The Hall–Kier alpha value is -2.51. The van der Waals surface area contributed by atoms with Gasteiger partial charge in [-0.15, -0.1) is 10.2 Å². The Morgan fingerprint density at radius 2 is 2.09 bits per heavy atom. The molecule has 7 heteroatoms. The fourth-order valence-electron chi connectivity index (χ4n) is 2.17. The van der Waals surface area contributed by atoms with Gasteiger partial charge in [0.1, 0.15) is 0 Å². The van der Waals surface area contributed by atoms with E-state index in [1.54, 1.807) is 12.1 Å². The second kappa shape index (κ2) is 7.66. The summed E-state index contributed by atoms with van der Waals surface area (Å²) in [7, 11) is 0. The van der Waals surface area contributed by atoms with Crippen LogP contribution in [0, 0.1) is 5.92 Å². The number of hydrogen-bond donors (Lipinski definition) is 2. The van der Waals surface area contributed by atoms with Gasteiger partial charge in [0.2, 0.25) is 0 Å². The standard InChI is InChI=1S/C16H18N4O3/c21-16(17-13-4-2-1-3-5-13)14-6-7-15(19-18-14)20-23-11-12-8-9-22-10-12/h1-7,12H,8-11H2,(H,17,21)(H,19,20). The molecule has 1 aromatic heterocycles. The molecule has 1 aliphatic heterocycles. The summed E-state index contributed by atoms with van der Waals surface area (Å²) in [6.07, 6.45) is 1.01. The van der Waals surface area contributed by atoms with Crippen molar-refractivity contribution in [3.63, 3.8) is 0 Å². The predicted octanol–water partition coefficient (Wildman–Crippen LogP) is 2.11. The third kappa shape index (κ3) is 4.48. The van der Waals surface area contributed by atoms with Gasteiger partial charge in [0.25, 0.3) is 5.91 Å². The first-order valence-corrected chi connectivity index (χ1v) is 7.47. The number of amides is 1. The highest BCUT2D eigenvalue weighted by atomic mass is 16.6. The Bertz CT molecular complexity index is 628. The van der Waals surface area contributed by atoms with Crippen LogP contribution >= 0.6 is 0 Å². The number of carbonyl (C=O) groups excluding carboxylic acids is 1. The van der Waals surface area contributed by atoms with Crippen LogP contribution in [0.5, 0.6) is 0 Å². The van der Waals surface area contributed by atoms with Gasteiger partial charge >= 0.3 is 0 Å². The number of rotatable bonds is 6. The van der Waals surface area contributed by atoms with Crippen molar-refractivity contribution in [1.82, 2.24) is 10.2 Å². The third-order valence-corrected chi connectivity index (χ3v) is 3.45. The van der Waals surface area contributed by atoms with E-state index in [4.69, 9.17) is 9.57 Å². The molecule has 1 aromatic carbocycles. The van der Waals surface area contributed by atoms with Crippen molar-refractivity contribution in [1.29, 1.82) is 0 Å². The van der Waals surface area contributed by atoms with Crippen molar-refractivity contribution in [3.8, 4) is 0 Å². The lowest BCUT2D eigenvalue weighted by molar-refractivity contribution is 0.102. The number of aromatic nitrogens is 2. The van der Waals surface area contributed by atoms with E-state index in [-0.39, 0.29) is 11.6 Å². The average molecular weight is 314 g/mol. The lowest BCUT2D eigenvalue weighted by Crippen LogP contribution is -2.16. The van der Waals surface area contributed by atoms with Crippen LogP contribution in [0.2, 0.25) is 0 Å². The first-order valence-electron chi connectivity index (χ1n) is 7.47. The van der Waals surface area contributed by atoms with Gasteiger partial charge in [0, 0.05) is 18.2 Å². The smallest absolute Gasteiger partial charge is 0.276 e. The molecule has 1 atom stereocenters. The summed E-state index contributed by atoms with van der Waals surface area (Å²) in [5.41, 5.74) is 3.68. The number of hydrogen-bond acceptors (Lipinski definition) is 6. The molecular formula is C16H18N4O3. The highest BCUT2D eigenvalue weighted by molar-refractivity contribution is 6.02. The molecule has 2 heterocycles. The Balaban J connectivity index is 1.49. The van der Waals surface area contributed by atoms with E-state index in [9.17, 15) is 4.79 Å². The molecule has 1 amide bonds. The molecule has 1 saturated heterocycles. The summed E-state index contributed by atoms with van der Waals surface area (Å²) in [6, 6.07) is 12.4. The van der Waals surface area contributed by atoms with Crippen molar-refractivity contribution in [2.45, 2.75) is 6.42 Å². The summed E-state index contributed by atoms with van der Waals surface area (Å²) in [4.78, 5) is 17.4. The number of anilines is 2. The van der Waals surface area contributed by atoms with Crippen LogP contribution < -0.4 is 10.8 Å². The monoisotopic (exact) mass is 314 g/mol. The van der Waals surface area contributed by atoms with E-state index in [0.29, 0.717) is 24.0 Å². The molecule has 0 spiro atoms. The first kappa shape index (κ1) is 15.4. The SMILES string of the molecule is O=C(Nc1ccccc1)c1ccc(NOCC2CCOC2)nn1. The normalized spacial score (nSPS) is 17.0. The summed E-state index contributed by atoms with van der Waals surface area (Å²) >= 11 is 0. The van der Waals surface area contributed by atoms with Gasteiger partial charge in [0.15, 0.2) is 11.5 Å². The zero-order valence-corrected chi connectivity index (χ0v) is 12.6. The van der Waals surface area contributed by atoms with Crippen LogP contribution in [0.25, 0.3) is 0 Å². The van der Waals surface area contributed by atoms with Crippen LogP contribution in [0.1, 0.15) is 16.9 Å². The number of nitrogens with zero attached hydrogens (tertiary/aromatic N) is 2. The van der Waals surface area contributed by atoms with E-state index in [1.165, 1.54) is 0 Å². The zero-order valence-electron chi connectivity index (χ0n) is 12.6. The summed E-state index contributed by atoms with van der Waals surface area (Å²) in [6.45, 7) is 2.07. The van der Waals surface area contributed by atoms with Gasteiger partial charge in [-0.2, -0.15) is 0 Å². The van der Waals surface area contributed by atoms with E-state index in [2.05, 4.69) is 21.0 Å². The van der Waals surface area contributed by atoms with Crippen molar-refractivity contribution < 1.29 is 14.4 Å². The number of ether oxygens (including phenoxy) is 1. The Labute approximate surface area is 134 Å². The second-order valence-electron chi connectivity index (χ2n) is 5.27. The van der Waals surface area contributed by atoms with E-state index < -0.39 is 0 Å². The Morgan fingerprint density at radius 1 is 1.22 bits per heavy atom. The molecule has 1 aliphatic rings. The average Bonchev–Trinajstić information content (AvgIpc) is 3.10. The predicted molar refractivity (Wildman–Crippen MR) is 84.9 cm³/mol. The summed E-state index contributed by atoms with van der Waals surface area (Å²) < 4.78 is 5.27. The molecule has 0 saturated carbocycles. The number of nitrogens with one attached hydrogen (secondary N) is 2. The molecule has 1 unspecified atom stereocenters. The molecule has 2 N–H and O–H groups in total. The minimum Gasteiger partial charge on any atom is -0.381 e. The number of carbonyl (C=O) groups is 1. The lowest BCUT2D eigenvalue weighted by atomic mass is 10.1. The maximum absolute atomic E-state index is 12.0. The molecular weight excluding hydrogens is 296 g/mol. The van der Waals surface area contributed by atoms with Crippen LogP contribution in [0.4, 0.5) is 11.5 Å². The van der Waals surface area contributed by atoms with Gasteiger partial charge < -0.3 is 10.1 Å². The van der Waals surface area contributed by atoms with Crippen LogP contribution in [0.3, 0.4) is 0 Å². The fourth-order valence-corrected chi connectivity index (χ4v) is 2.17. The maximum Gasteiger partial charge on any atom is 0.276 e. The van der Waals surface area contributed by atoms with Crippen molar-refractivity contribution >= 4 is 17.4 Å². The minimum absolute atomic E-state index is 0.239. The van der Waals surface area contributed by atoms with Gasteiger partial charge in [-0.3, -0.25) is 9.63 Å². The molecule has 0 aliphatic carbocycles. The number of benzene rings is 1. The fraction of sp³-hybridized carbons (Fsp3) is 0.312. The van der Waals surface area contributed by atoms with E-state index >= 15 is 0 Å². The molecule has 3 rings (SSSR count). The molecule has 120 valence electrons. The van der Waals surface area contributed by atoms with Gasteiger partial charge in [-0.05, 0) is 30.7 Å². The van der Waals surface area contributed by atoms with Crippen LogP contribution in [0.15, 0.2) is 42.5 Å². The largest absolute Gasteiger partial charge is 0.381 e. The highest BCUT2D eigenvalue weighted by Gasteiger charge is 2.16. The molecule has 0 radical (unpaired) electrons. The Kier molecular flexibility index (Phi) is 5.13. The molecule has 0 bridgehead atoms. The molecule has 23 heavy (non-hydrogen) atoms. The maximum atomic E-state index is 12.0. The topological polar surface area (TPSA) is 85.4 Å². The first-order chi connectivity index (χ1) is 11.3. The van der Waals surface area contributed by atoms with Crippen molar-refractivity contribution in [2.75, 3.05) is 30.6 Å². The highest BCUT2D eigenvalue weighted by Crippen LogP contribution is 2.13. The molecule has 7 nitrogen and oxygen atoms in total. The molecule has 2 aromatic rings. The van der Waals surface area contributed by atoms with E-state index in [1.807, 2.05) is 30.3 Å². The van der Waals surface area contributed by atoms with Crippen molar-refractivity contribution in [2.24, 2.45) is 5.92 Å². The van der Waals surface area contributed by atoms with Crippen LogP contribution in [-0.4, -0.2) is 35.9 Å². The Morgan fingerprint density at radius 3 is 2.78 bits per heavy atom. The van der Waals surface area contributed by atoms with E-state index in [0.717, 1.165) is 19.6 Å². The molecule has 1 fully saturated rings. The summed E-state index contributed by atoms with van der Waals surface area (Å²) in [5, 5.41) is 10.6. The number of para-hydroxylation sites is 1. The quantitative estimate of drug-likeness (QED) is 0.794. The minimum atomic E-state index is -0.306. The third-order valence-electron chi connectivity index (χ3n) is 3.45. The van der Waals surface area contributed by atoms with Crippen molar-refractivity contribution in [3.05, 3.63) is 48.2 Å². The lowest BCUT2D eigenvalue weighted by Gasteiger charge is -2.09. The van der Waals surface area contributed by atoms with Gasteiger partial charge in [-0.25, -0.2) is 5.48 Å². The van der Waals surface area contributed by atoms with Crippen LogP contribution in [-0.2, 0) is 9.57 Å².